The lowest BCUT2D eigenvalue weighted by atomic mass is 9.78. The number of aromatic nitrogens is 2. The van der Waals surface area contributed by atoms with Gasteiger partial charge in [0.1, 0.15) is 0 Å². The van der Waals surface area contributed by atoms with Crippen molar-refractivity contribution in [1.29, 1.82) is 0 Å². The van der Waals surface area contributed by atoms with Crippen molar-refractivity contribution < 1.29 is 4.79 Å². The average molecular weight is 360 g/mol. The number of benzene rings is 2. The molecular formula is C22H24N4O. The van der Waals surface area contributed by atoms with Crippen LogP contribution in [0, 0.1) is 0 Å². The number of hydrogen-bond acceptors (Lipinski definition) is 3. The SMILES string of the molecule is CN1C2CCC1([C@H](NC(=O)c1cccc3cn[nH]c13)c1ccccc1)CC2. The van der Waals surface area contributed by atoms with E-state index in [2.05, 4.69) is 51.7 Å². The molecule has 5 heteroatoms. The van der Waals surface area contributed by atoms with Gasteiger partial charge in [-0.25, -0.2) is 0 Å². The third-order valence-electron chi connectivity index (χ3n) is 6.74. The summed E-state index contributed by atoms with van der Waals surface area (Å²) in [7, 11) is 2.22. The van der Waals surface area contributed by atoms with Crippen LogP contribution in [0.3, 0.4) is 0 Å². The highest BCUT2D eigenvalue weighted by Crippen LogP contribution is 2.51. The highest BCUT2D eigenvalue weighted by atomic mass is 16.1. The second kappa shape index (κ2) is 6.20. The van der Waals surface area contributed by atoms with Crippen molar-refractivity contribution in [3.63, 3.8) is 0 Å². The number of rotatable bonds is 4. The van der Waals surface area contributed by atoms with Gasteiger partial charge in [-0.05, 0) is 44.4 Å². The van der Waals surface area contributed by atoms with Gasteiger partial charge in [0.15, 0.2) is 0 Å². The summed E-state index contributed by atoms with van der Waals surface area (Å²) in [4.78, 5) is 15.8. The van der Waals surface area contributed by atoms with E-state index in [1.807, 2.05) is 24.3 Å². The van der Waals surface area contributed by atoms with Gasteiger partial charge in [-0.1, -0.05) is 42.5 Å². The minimum atomic E-state index is -0.0446. The number of para-hydroxylation sites is 1. The minimum Gasteiger partial charge on any atom is -0.343 e. The maximum absolute atomic E-state index is 13.3. The zero-order chi connectivity index (χ0) is 18.4. The molecule has 1 atom stereocenters. The van der Waals surface area contributed by atoms with E-state index in [0.29, 0.717) is 11.6 Å². The van der Waals surface area contributed by atoms with Gasteiger partial charge in [-0.3, -0.25) is 14.8 Å². The van der Waals surface area contributed by atoms with Crippen LogP contribution in [0.25, 0.3) is 10.9 Å². The number of nitrogens with zero attached hydrogens (tertiary/aromatic N) is 2. The molecule has 2 aromatic carbocycles. The molecule has 138 valence electrons. The number of aromatic amines is 1. The Balaban J connectivity index is 1.54. The Morgan fingerprint density at radius 3 is 2.67 bits per heavy atom. The summed E-state index contributed by atoms with van der Waals surface area (Å²) in [6.45, 7) is 0. The highest BCUT2D eigenvalue weighted by Gasteiger charge is 2.54. The summed E-state index contributed by atoms with van der Waals surface area (Å²) in [5.41, 5.74) is 2.63. The Morgan fingerprint density at radius 2 is 1.96 bits per heavy atom. The van der Waals surface area contributed by atoms with Crippen LogP contribution >= 0.6 is 0 Å². The fraction of sp³-hybridized carbons (Fsp3) is 0.364. The van der Waals surface area contributed by atoms with Crippen molar-refractivity contribution in [2.24, 2.45) is 0 Å². The molecule has 2 bridgehead atoms. The lowest BCUT2D eigenvalue weighted by Gasteiger charge is -2.41. The normalized spacial score (nSPS) is 25.7. The number of carbonyl (C=O) groups is 1. The summed E-state index contributed by atoms with van der Waals surface area (Å²) >= 11 is 0. The molecule has 0 saturated carbocycles. The standard InChI is InChI=1S/C22H24N4O/c1-26-17-10-12-22(26,13-11-17)20(15-6-3-2-4-7-15)24-21(27)18-9-5-8-16-14-23-25-19(16)18/h2-9,14,17,20H,10-13H2,1H3,(H,23,25)(H,24,27)/t17?,20-,22?/m1/s1. The van der Waals surface area contributed by atoms with E-state index in [1.165, 1.54) is 18.4 Å². The first-order valence-corrected chi connectivity index (χ1v) is 9.70. The maximum atomic E-state index is 13.3. The molecule has 5 rings (SSSR count). The molecule has 1 aromatic heterocycles. The van der Waals surface area contributed by atoms with Crippen LogP contribution in [0.5, 0.6) is 0 Å². The van der Waals surface area contributed by atoms with Crippen LogP contribution in [0.4, 0.5) is 0 Å². The molecule has 3 aromatic rings. The predicted molar refractivity (Wildman–Crippen MR) is 105 cm³/mol. The number of carbonyl (C=O) groups excluding carboxylic acids is 1. The number of H-pyrrole nitrogens is 1. The molecule has 5 nitrogen and oxygen atoms in total. The molecule has 0 spiro atoms. The molecule has 2 fully saturated rings. The van der Waals surface area contributed by atoms with Gasteiger partial charge in [0.2, 0.25) is 0 Å². The largest absolute Gasteiger partial charge is 0.343 e. The third kappa shape index (κ3) is 2.49. The number of amides is 1. The van der Waals surface area contributed by atoms with Crippen molar-refractivity contribution in [2.75, 3.05) is 7.05 Å². The fourth-order valence-electron chi connectivity index (χ4n) is 5.24. The molecule has 0 aliphatic carbocycles. The van der Waals surface area contributed by atoms with E-state index in [0.717, 1.165) is 23.7 Å². The topological polar surface area (TPSA) is 61.0 Å². The van der Waals surface area contributed by atoms with E-state index >= 15 is 0 Å². The van der Waals surface area contributed by atoms with Crippen LogP contribution in [0.15, 0.2) is 54.7 Å². The van der Waals surface area contributed by atoms with Crippen molar-refractivity contribution in [3.05, 3.63) is 65.9 Å². The molecule has 2 saturated heterocycles. The van der Waals surface area contributed by atoms with Crippen molar-refractivity contribution in [3.8, 4) is 0 Å². The fourth-order valence-corrected chi connectivity index (χ4v) is 5.24. The molecular weight excluding hydrogens is 336 g/mol. The Bertz CT molecular complexity index is 972. The van der Waals surface area contributed by atoms with Crippen molar-refractivity contribution >= 4 is 16.8 Å². The van der Waals surface area contributed by atoms with E-state index in [1.54, 1.807) is 6.20 Å². The Hall–Kier alpha value is -2.66. The third-order valence-corrected chi connectivity index (χ3v) is 6.74. The van der Waals surface area contributed by atoms with Crippen LogP contribution in [0.1, 0.15) is 47.6 Å². The zero-order valence-electron chi connectivity index (χ0n) is 15.5. The summed E-state index contributed by atoms with van der Waals surface area (Å²) in [5.74, 6) is -0.0446. The van der Waals surface area contributed by atoms with E-state index in [-0.39, 0.29) is 17.5 Å². The van der Waals surface area contributed by atoms with Gasteiger partial charge in [0.05, 0.1) is 23.3 Å². The predicted octanol–water partition coefficient (Wildman–Crippen LogP) is 3.66. The second-order valence-corrected chi connectivity index (χ2v) is 7.90. The molecule has 27 heavy (non-hydrogen) atoms. The Kier molecular flexibility index (Phi) is 3.79. The first-order valence-electron chi connectivity index (χ1n) is 9.70. The van der Waals surface area contributed by atoms with Gasteiger partial charge >= 0.3 is 0 Å². The molecule has 2 aliphatic rings. The first kappa shape index (κ1) is 16.5. The van der Waals surface area contributed by atoms with Crippen LogP contribution < -0.4 is 5.32 Å². The molecule has 0 radical (unpaired) electrons. The quantitative estimate of drug-likeness (QED) is 0.746. The number of nitrogens with one attached hydrogen (secondary N) is 2. The summed E-state index contributed by atoms with van der Waals surface area (Å²) in [6.07, 6.45) is 6.44. The summed E-state index contributed by atoms with van der Waals surface area (Å²) < 4.78 is 0. The van der Waals surface area contributed by atoms with E-state index < -0.39 is 0 Å². The molecule has 3 heterocycles. The van der Waals surface area contributed by atoms with E-state index in [4.69, 9.17) is 0 Å². The molecule has 2 N–H and O–H groups in total. The first-order chi connectivity index (χ1) is 13.2. The van der Waals surface area contributed by atoms with E-state index in [9.17, 15) is 4.79 Å². The van der Waals surface area contributed by atoms with Crippen LogP contribution in [0.2, 0.25) is 0 Å². The van der Waals surface area contributed by atoms with Gasteiger partial charge < -0.3 is 5.32 Å². The lowest BCUT2D eigenvalue weighted by molar-refractivity contribution is 0.0839. The molecule has 2 aliphatic heterocycles. The van der Waals surface area contributed by atoms with Gasteiger partial charge in [-0.2, -0.15) is 5.10 Å². The lowest BCUT2D eigenvalue weighted by Crippen LogP contribution is -2.50. The van der Waals surface area contributed by atoms with Crippen molar-refractivity contribution in [1.82, 2.24) is 20.4 Å². The average Bonchev–Trinajstić information content (AvgIpc) is 3.40. The highest BCUT2D eigenvalue weighted by molar-refractivity contribution is 6.05. The maximum Gasteiger partial charge on any atom is 0.254 e. The summed E-state index contributed by atoms with van der Waals surface area (Å²) in [6, 6.07) is 16.8. The number of likely N-dealkylation sites (N-methyl/N-ethyl adjacent to an activating group) is 1. The zero-order valence-corrected chi connectivity index (χ0v) is 15.5. The number of hydrogen-bond donors (Lipinski definition) is 2. The summed E-state index contributed by atoms with van der Waals surface area (Å²) in [5, 5.41) is 11.4. The van der Waals surface area contributed by atoms with Crippen LogP contribution in [-0.2, 0) is 0 Å². The van der Waals surface area contributed by atoms with Crippen molar-refractivity contribution in [2.45, 2.75) is 43.3 Å². The van der Waals surface area contributed by atoms with Gasteiger partial charge in [0, 0.05) is 17.0 Å². The molecule has 1 amide bonds. The Morgan fingerprint density at radius 1 is 1.19 bits per heavy atom. The van der Waals surface area contributed by atoms with Gasteiger partial charge in [0.25, 0.3) is 5.91 Å². The van der Waals surface area contributed by atoms with Gasteiger partial charge in [-0.15, -0.1) is 0 Å². The van der Waals surface area contributed by atoms with Crippen LogP contribution in [-0.4, -0.2) is 39.6 Å². The smallest absolute Gasteiger partial charge is 0.254 e. The Labute approximate surface area is 158 Å². The monoisotopic (exact) mass is 360 g/mol. The number of fused-ring (bicyclic) bond motifs is 3. The molecule has 0 unspecified atom stereocenters. The second-order valence-electron chi connectivity index (χ2n) is 7.90. The minimum absolute atomic E-state index is 0.00353.